The molecule has 5 nitrogen and oxygen atoms in total. The highest BCUT2D eigenvalue weighted by Crippen LogP contribution is 2.33. The number of hydrogen-bond acceptors (Lipinski definition) is 2. The van der Waals surface area contributed by atoms with Gasteiger partial charge in [-0.05, 0) is 50.7 Å². The first-order valence-corrected chi connectivity index (χ1v) is 7.39. The number of carboxylic acid groups (broad SMARTS) is 1. The molecule has 2 heterocycles. The molecule has 1 aromatic heterocycles. The van der Waals surface area contributed by atoms with Gasteiger partial charge in [0.2, 0.25) is 0 Å². The van der Waals surface area contributed by atoms with E-state index in [0.717, 1.165) is 25.7 Å². The molecule has 1 saturated carbocycles. The third-order valence-electron chi connectivity index (χ3n) is 4.51. The van der Waals surface area contributed by atoms with E-state index in [-0.39, 0.29) is 5.91 Å². The fourth-order valence-corrected chi connectivity index (χ4v) is 3.14. The lowest BCUT2D eigenvalue weighted by Gasteiger charge is -2.35. The number of hydrogen-bond donors (Lipinski definition) is 1. The Morgan fingerprint density at radius 2 is 1.95 bits per heavy atom. The molecule has 3 rings (SSSR count). The van der Waals surface area contributed by atoms with Gasteiger partial charge in [0.25, 0.3) is 5.91 Å². The smallest absolute Gasteiger partial charge is 0.326 e. The summed E-state index contributed by atoms with van der Waals surface area (Å²) in [5.41, 5.74) is 0.642. The van der Waals surface area contributed by atoms with Crippen molar-refractivity contribution < 1.29 is 14.7 Å². The first kappa shape index (κ1) is 13.2. The molecule has 0 radical (unpaired) electrons. The molecule has 1 atom stereocenters. The molecule has 1 aliphatic carbocycles. The molecule has 5 heteroatoms. The van der Waals surface area contributed by atoms with Crippen molar-refractivity contribution in [3.8, 4) is 0 Å². The van der Waals surface area contributed by atoms with Gasteiger partial charge in [-0.15, -0.1) is 0 Å². The normalized spacial score (nSPS) is 23.4. The molecule has 1 amide bonds. The van der Waals surface area contributed by atoms with Gasteiger partial charge in [-0.25, -0.2) is 4.79 Å². The molecule has 0 aromatic carbocycles. The maximum atomic E-state index is 12.7. The van der Waals surface area contributed by atoms with Crippen LogP contribution in [0, 0.1) is 0 Å². The second-order valence-electron chi connectivity index (χ2n) is 5.73. The van der Waals surface area contributed by atoms with Gasteiger partial charge in [0.05, 0.1) is 0 Å². The van der Waals surface area contributed by atoms with Crippen molar-refractivity contribution in [2.24, 2.45) is 0 Å². The van der Waals surface area contributed by atoms with E-state index in [4.69, 9.17) is 0 Å². The van der Waals surface area contributed by atoms with Gasteiger partial charge < -0.3 is 14.6 Å². The minimum atomic E-state index is -0.889. The van der Waals surface area contributed by atoms with Crippen molar-refractivity contribution in [2.75, 3.05) is 6.54 Å². The van der Waals surface area contributed by atoms with Crippen LogP contribution in [0.3, 0.4) is 0 Å². The molecule has 2 aliphatic rings. The molecule has 2 fully saturated rings. The van der Waals surface area contributed by atoms with Gasteiger partial charge in [0.1, 0.15) is 11.7 Å². The lowest BCUT2D eigenvalue weighted by atomic mass is 9.92. The topological polar surface area (TPSA) is 62.5 Å². The molecule has 1 aromatic rings. The molecule has 0 spiro atoms. The maximum Gasteiger partial charge on any atom is 0.326 e. The first-order valence-electron chi connectivity index (χ1n) is 7.39. The molecule has 1 N–H and O–H groups in total. The van der Waals surface area contributed by atoms with E-state index < -0.39 is 12.0 Å². The summed E-state index contributed by atoms with van der Waals surface area (Å²) in [5, 5.41) is 9.29. The van der Waals surface area contributed by atoms with E-state index >= 15 is 0 Å². The number of aromatic nitrogens is 1. The summed E-state index contributed by atoms with van der Waals surface area (Å²) in [6.45, 7) is 0.547. The number of carbonyl (C=O) groups is 2. The second-order valence-corrected chi connectivity index (χ2v) is 5.73. The fraction of sp³-hybridized carbons (Fsp3) is 0.600. The third kappa shape index (κ3) is 2.21. The van der Waals surface area contributed by atoms with E-state index in [1.54, 1.807) is 0 Å². The molecule has 0 bridgehead atoms. The molecule has 1 unspecified atom stereocenters. The van der Waals surface area contributed by atoms with Crippen molar-refractivity contribution in [2.45, 2.75) is 50.6 Å². The lowest BCUT2D eigenvalue weighted by molar-refractivity contribution is -0.143. The largest absolute Gasteiger partial charge is 0.480 e. The monoisotopic (exact) mass is 276 g/mol. The van der Waals surface area contributed by atoms with Crippen LogP contribution in [0.1, 0.15) is 55.1 Å². The van der Waals surface area contributed by atoms with E-state index in [1.807, 2.05) is 22.9 Å². The minimum absolute atomic E-state index is 0.131. The van der Waals surface area contributed by atoms with Gasteiger partial charge >= 0.3 is 5.97 Å². The highest BCUT2D eigenvalue weighted by Gasteiger charge is 2.34. The SMILES string of the molecule is O=C(O)C1CCCCN1C(=O)c1cccn1C1CCC1. The predicted molar refractivity (Wildman–Crippen MR) is 73.6 cm³/mol. The predicted octanol–water partition coefficient (Wildman–Crippen LogP) is 2.29. The van der Waals surface area contributed by atoms with Crippen molar-refractivity contribution in [1.82, 2.24) is 9.47 Å². The van der Waals surface area contributed by atoms with Crippen LogP contribution in [0.4, 0.5) is 0 Å². The maximum absolute atomic E-state index is 12.7. The Bertz CT molecular complexity index is 519. The standard InChI is InChI=1S/C15H20N2O3/c18-14(17-9-2-1-7-13(17)15(19)20)12-8-4-10-16(12)11-5-3-6-11/h4,8,10-11,13H,1-3,5-7,9H2,(H,19,20). The van der Waals surface area contributed by atoms with Crippen molar-refractivity contribution in [3.05, 3.63) is 24.0 Å². The Hall–Kier alpha value is -1.78. The Kier molecular flexibility index (Phi) is 3.51. The van der Waals surface area contributed by atoms with Crippen molar-refractivity contribution >= 4 is 11.9 Å². The first-order chi connectivity index (χ1) is 9.68. The number of amides is 1. The quantitative estimate of drug-likeness (QED) is 0.921. The van der Waals surface area contributed by atoms with Gasteiger partial charge in [0, 0.05) is 18.8 Å². The average Bonchev–Trinajstić information content (AvgIpc) is 2.85. The van der Waals surface area contributed by atoms with Crippen molar-refractivity contribution in [1.29, 1.82) is 0 Å². The van der Waals surface area contributed by atoms with E-state index in [1.165, 1.54) is 11.3 Å². The molecular weight excluding hydrogens is 256 g/mol. The van der Waals surface area contributed by atoms with Crippen LogP contribution >= 0.6 is 0 Å². The molecular formula is C15H20N2O3. The van der Waals surface area contributed by atoms with E-state index in [9.17, 15) is 14.7 Å². The average molecular weight is 276 g/mol. The highest BCUT2D eigenvalue weighted by atomic mass is 16.4. The number of rotatable bonds is 3. The molecule has 1 aliphatic heterocycles. The van der Waals surface area contributed by atoms with Gasteiger partial charge in [0.15, 0.2) is 0 Å². The van der Waals surface area contributed by atoms with Crippen LogP contribution in [-0.2, 0) is 4.79 Å². The Balaban J connectivity index is 1.83. The van der Waals surface area contributed by atoms with E-state index in [0.29, 0.717) is 24.7 Å². The summed E-state index contributed by atoms with van der Waals surface area (Å²) < 4.78 is 2.03. The zero-order valence-electron chi connectivity index (χ0n) is 11.5. The zero-order valence-corrected chi connectivity index (χ0v) is 11.5. The van der Waals surface area contributed by atoms with Gasteiger partial charge in [-0.2, -0.15) is 0 Å². The summed E-state index contributed by atoms with van der Waals surface area (Å²) in [6.07, 6.45) is 7.69. The number of piperidine rings is 1. The van der Waals surface area contributed by atoms with Crippen LogP contribution in [0.15, 0.2) is 18.3 Å². The lowest BCUT2D eigenvalue weighted by Crippen LogP contribution is -2.48. The summed E-state index contributed by atoms with van der Waals surface area (Å²) in [4.78, 5) is 25.5. The summed E-state index contributed by atoms with van der Waals surface area (Å²) in [6, 6.07) is 3.44. The Labute approximate surface area is 118 Å². The summed E-state index contributed by atoms with van der Waals surface area (Å²) in [7, 11) is 0. The number of likely N-dealkylation sites (tertiary alicyclic amines) is 1. The summed E-state index contributed by atoms with van der Waals surface area (Å²) >= 11 is 0. The molecule has 20 heavy (non-hydrogen) atoms. The summed E-state index contributed by atoms with van der Waals surface area (Å²) in [5.74, 6) is -1.02. The molecule has 108 valence electrons. The van der Waals surface area contributed by atoms with Crippen molar-refractivity contribution in [3.63, 3.8) is 0 Å². The van der Waals surface area contributed by atoms with Crippen LogP contribution in [0.25, 0.3) is 0 Å². The van der Waals surface area contributed by atoms with Crippen LogP contribution in [-0.4, -0.2) is 39.0 Å². The Morgan fingerprint density at radius 1 is 1.15 bits per heavy atom. The fourth-order valence-electron chi connectivity index (χ4n) is 3.14. The number of carbonyl (C=O) groups excluding carboxylic acids is 1. The third-order valence-corrected chi connectivity index (χ3v) is 4.51. The molecule has 1 saturated heterocycles. The van der Waals surface area contributed by atoms with Gasteiger partial charge in [-0.1, -0.05) is 0 Å². The van der Waals surface area contributed by atoms with Crippen LogP contribution in [0.5, 0.6) is 0 Å². The minimum Gasteiger partial charge on any atom is -0.480 e. The van der Waals surface area contributed by atoms with E-state index in [2.05, 4.69) is 0 Å². The highest BCUT2D eigenvalue weighted by molar-refractivity contribution is 5.95. The van der Waals surface area contributed by atoms with Crippen LogP contribution < -0.4 is 0 Å². The zero-order chi connectivity index (χ0) is 14.1. The number of nitrogens with zero attached hydrogens (tertiary/aromatic N) is 2. The number of aliphatic carboxylic acids is 1. The van der Waals surface area contributed by atoms with Crippen LogP contribution in [0.2, 0.25) is 0 Å². The number of carboxylic acids is 1. The Morgan fingerprint density at radius 3 is 2.60 bits per heavy atom. The van der Waals surface area contributed by atoms with Gasteiger partial charge in [-0.3, -0.25) is 4.79 Å². The second kappa shape index (κ2) is 5.31.